The third kappa shape index (κ3) is 2.25. The van der Waals surface area contributed by atoms with Crippen LogP contribution in [0.25, 0.3) is 0 Å². The molecular formula is C12H22O3. The number of ether oxygens (including phenoxy) is 2. The van der Waals surface area contributed by atoms with Crippen molar-refractivity contribution < 1.29 is 14.6 Å². The van der Waals surface area contributed by atoms with E-state index in [-0.39, 0.29) is 11.5 Å². The fourth-order valence-corrected chi connectivity index (χ4v) is 2.29. The molecule has 0 bridgehead atoms. The summed E-state index contributed by atoms with van der Waals surface area (Å²) in [6, 6.07) is 0. The predicted molar refractivity (Wildman–Crippen MR) is 59.5 cm³/mol. The Bertz CT molecular complexity index is 233. The molecule has 0 radical (unpaired) electrons. The van der Waals surface area contributed by atoms with Crippen LogP contribution in [0, 0.1) is 5.41 Å². The maximum absolute atomic E-state index is 10.3. The lowest BCUT2D eigenvalue weighted by atomic mass is 9.71. The Morgan fingerprint density at radius 3 is 2.33 bits per heavy atom. The molecular weight excluding hydrogens is 192 g/mol. The van der Waals surface area contributed by atoms with Crippen LogP contribution >= 0.6 is 0 Å². The molecule has 0 aromatic heterocycles. The molecule has 0 fully saturated rings. The molecule has 2 unspecified atom stereocenters. The highest BCUT2D eigenvalue weighted by molar-refractivity contribution is 5.12. The summed E-state index contributed by atoms with van der Waals surface area (Å²) >= 11 is 0. The summed E-state index contributed by atoms with van der Waals surface area (Å²) in [5.41, 5.74) is 0.0415. The van der Waals surface area contributed by atoms with Crippen LogP contribution in [0.15, 0.2) is 12.2 Å². The number of rotatable bonds is 4. The van der Waals surface area contributed by atoms with Crippen molar-refractivity contribution in [3.63, 3.8) is 0 Å². The van der Waals surface area contributed by atoms with Crippen molar-refractivity contribution in [2.45, 2.75) is 45.0 Å². The van der Waals surface area contributed by atoms with Crippen molar-refractivity contribution in [3.05, 3.63) is 12.2 Å². The van der Waals surface area contributed by atoms with E-state index in [0.29, 0.717) is 6.42 Å². The summed E-state index contributed by atoms with van der Waals surface area (Å²) in [6.45, 7) is 4.27. The first-order valence-electron chi connectivity index (χ1n) is 5.55. The number of allylic oxidation sites excluding steroid dienone is 1. The van der Waals surface area contributed by atoms with Gasteiger partial charge in [0.2, 0.25) is 0 Å². The largest absolute Gasteiger partial charge is 0.372 e. The predicted octanol–water partition coefficient (Wildman–Crippen LogP) is 2.10. The highest BCUT2D eigenvalue weighted by atomic mass is 16.6. The molecule has 0 amide bonds. The molecule has 3 heteroatoms. The van der Waals surface area contributed by atoms with Gasteiger partial charge in [0, 0.05) is 20.6 Å². The van der Waals surface area contributed by atoms with E-state index in [1.165, 1.54) is 7.11 Å². The van der Waals surface area contributed by atoms with E-state index in [1.807, 2.05) is 6.08 Å². The topological polar surface area (TPSA) is 38.7 Å². The van der Waals surface area contributed by atoms with Crippen LogP contribution in [-0.4, -0.2) is 31.2 Å². The van der Waals surface area contributed by atoms with E-state index in [4.69, 9.17) is 9.47 Å². The third-order valence-corrected chi connectivity index (χ3v) is 3.69. The molecule has 3 nitrogen and oxygen atoms in total. The normalized spacial score (nSPS) is 34.3. The number of hydrogen-bond acceptors (Lipinski definition) is 3. The van der Waals surface area contributed by atoms with Gasteiger partial charge in [-0.3, -0.25) is 0 Å². The standard InChI is InChI=1S/C12H22O3/c1-5-11(6-2)8-7-10(14-3)12(13,9-11)15-4/h7-8,10,13H,5-6,9H2,1-4H3. The van der Waals surface area contributed by atoms with Gasteiger partial charge in [-0.2, -0.15) is 0 Å². The van der Waals surface area contributed by atoms with Crippen LogP contribution < -0.4 is 0 Å². The Hall–Kier alpha value is -0.380. The van der Waals surface area contributed by atoms with Crippen LogP contribution in [-0.2, 0) is 9.47 Å². The Labute approximate surface area is 92.1 Å². The Morgan fingerprint density at radius 1 is 1.33 bits per heavy atom. The van der Waals surface area contributed by atoms with Crippen molar-refractivity contribution in [1.29, 1.82) is 0 Å². The molecule has 1 rings (SSSR count). The third-order valence-electron chi connectivity index (χ3n) is 3.69. The van der Waals surface area contributed by atoms with Gasteiger partial charge in [0.25, 0.3) is 0 Å². The fourth-order valence-electron chi connectivity index (χ4n) is 2.29. The second-order valence-corrected chi connectivity index (χ2v) is 4.31. The molecule has 0 aromatic rings. The second kappa shape index (κ2) is 4.64. The molecule has 88 valence electrons. The molecule has 1 N–H and O–H groups in total. The average molecular weight is 214 g/mol. The van der Waals surface area contributed by atoms with Gasteiger partial charge in [0.1, 0.15) is 6.10 Å². The van der Waals surface area contributed by atoms with E-state index >= 15 is 0 Å². The van der Waals surface area contributed by atoms with Gasteiger partial charge in [-0.15, -0.1) is 0 Å². The van der Waals surface area contributed by atoms with E-state index in [1.54, 1.807) is 7.11 Å². The summed E-state index contributed by atoms with van der Waals surface area (Å²) in [5, 5.41) is 10.3. The lowest BCUT2D eigenvalue weighted by molar-refractivity contribution is -0.255. The average Bonchev–Trinajstić information content (AvgIpc) is 2.29. The van der Waals surface area contributed by atoms with Crippen LogP contribution in [0.5, 0.6) is 0 Å². The Kier molecular flexibility index (Phi) is 3.93. The van der Waals surface area contributed by atoms with Gasteiger partial charge >= 0.3 is 0 Å². The quantitative estimate of drug-likeness (QED) is 0.575. The first-order valence-corrected chi connectivity index (χ1v) is 5.55. The minimum absolute atomic E-state index is 0.0415. The molecule has 0 heterocycles. The first kappa shape index (κ1) is 12.7. The first-order chi connectivity index (χ1) is 7.05. The summed E-state index contributed by atoms with van der Waals surface area (Å²) in [7, 11) is 3.12. The minimum atomic E-state index is -1.18. The van der Waals surface area contributed by atoms with Crippen LogP contribution in [0.4, 0.5) is 0 Å². The zero-order valence-electron chi connectivity index (χ0n) is 10.1. The zero-order chi connectivity index (χ0) is 11.5. The van der Waals surface area contributed by atoms with E-state index in [9.17, 15) is 5.11 Å². The monoisotopic (exact) mass is 214 g/mol. The molecule has 2 atom stereocenters. The highest BCUT2D eigenvalue weighted by Crippen LogP contribution is 2.43. The molecule has 1 aliphatic carbocycles. The lowest BCUT2D eigenvalue weighted by Gasteiger charge is -2.43. The van der Waals surface area contributed by atoms with E-state index < -0.39 is 5.79 Å². The summed E-state index contributed by atoms with van der Waals surface area (Å²) in [5.74, 6) is -1.18. The van der Waals surface area contributed by atoms with Crippen LogP contribution in [0.1, 0.15) is 33.1 Å². The molecule has 15 heavy (non-hydrogen) atoms. The molecule has 0 aliphatic heterocycles. The Morgan fingerprint density at radius 2 is 1.93 bits per heavy atom. The van der Waals surface area contributed by atoms with Crippen molar-refractivity contribution in [2.75, 3.05) is 14.2 Å². The lowest BCUT2D eigenvalue weighted by Crippen LogP contribution is -2.50. The summed E-state index contributed by atoms with van der Waals surface area (Å²) < 4.78 is 10.4. The molecule has 0 aromatic carbocycles. The van der Waals surface area contributed by atoms with Crippen molar-refractivity contribution in [3.8, 4) is 0 Å². The van der Waals surface area contributed by atoms with E-state index in [0.717, 1.165) is 12.8 Å². The van der Waals surface area contributed by atoms with Crippen LogP contribution in [0.3, 0.4) is 0 Å². The van der Waals surface area contributed by atoms with Crippen LogP contribution in [0.2, 0.25) is 0 Å². The van der Waals surface area contributed by atoms with Crippen molar-refractivity contribution >= 4 is 0 Å². The minimum Gasteiger partial charge on any atom is -0.372 e. The fraction of sp³-hybridized carbons (Fsp3) is 0.833. The molecule has 0 saturated heterocycles. The smallest absolute Gasteiger partial charge is 0.196 e. The van der Waals surface area contributed by atoms with Crippen molar-refractivity contribution in [2.24, 2.45) is 5.41 Å². The maximum atomic E-state index is 10.3. The molecule has 0 saturated carbocycles. The number of hydrogen-bond donors (Lipinski definition) is 1. The van der Waals surface area contributed by atoms with Crippen molar-refractivity contribution in [1.82, 2.24) is 0 Å². The Balaban J connectivity index is 2.96. The number of methoxy groups -OCH3 is 2. The number of aliphatic hydroxyl groups is 1. The van der Waals surface area contributed by atoms with Gasteiger partial charge in [-0.05, 0) is 18.3 Å². The highest BCUT2D eigenvalue weighted by Gasteiger charge is 2.45. The summed E-state index contributed by atoms with van der Waals surface area (Å²) in [4.78, 5) is 0. The summed E-state index contributed by atoms with van der Waals surface area (Å²) in [6.07, 6.45) is 6.31. The SMILES string of the molecule is CCC1(CC)C=CC(OC)C(O)(OC)C1. The van der Waals surface area contributed by atoms with E-state index in [2.05, 4.69) is 19.9 Å². The van der Waals surface area contributed by atoms with Gasteiger partial charge in [0.05, 0.1) is 0 Å². The van der Waals surface area contributed by atoms with Gasteiger partial charge in [0.15, 0.2) is 5.79 Å². The molecule has 0 spiro atoms. The van der Waals surface area contributed by atoms with Gasteiger partial charge in [-0.1, -0.05) is 26.0 Å². The maximum Gasteiger partial charge on any atom is 0.196 e. The zero-order valence-corrected chi connectivity index (χ0v) is 10.1. The van der Waals surface area contributed by atoms with Gasteiger partial charge in [-0.25, -0.2) is 0 Å². The van der Waals surface area contributed by atoms with Gasteiger partial charge < -0.3 is 14.6 Å². The molecule has 1 aliphatic rings. The second-order valence-electron chi connectivity index (χ2n) is 4.31.